The van der Waals surface area contributed by atoms with Crippen LogP contribution >= 0.6 is 11.6 Å². The molecule has 1 N–H and O–H groups in total. The monoisotopic (exact) mass is 505 g/mol. The first kappa shape index (κ1) is 24.2. The average molecular weight is 506 g/mol. The van der Waals surface area contributed by atoms with Crippen molar-refractivity contribution >= 4 is 41.0 Å². The van der Waals surface area contributed by atoms with Gasteiger partial charge in [0, 0.05) is 17.1 Å². The third-order valence-corrected chi connectivity index (χ3v) is 6.21. The Kier molecular flexibility index (Phi) is 7.24. The predicted octanol–water partition coefficient (Wildman–Crippen LogP) is 6.03. The van der Waals surface area contributed by atoms with Gasteiger partial charge >= 0.3 is 0 Å². The molecule has 0 unspecified atom stereocenters. The van der Waals surface area contributed by atoms with Crippen molar-refractivity contribution < 1.29 is 9.59 Å². The van der Waals surface area contributed by atoms with Gasteiger partial charge in [0.05, 0.1) is 12.1 Å². The smallest absolute Gasteiger partial charge is 0.282 e. The van der Waals surface area contributed by atoms with Crippen molar-refractivity contribution in [2.24, 2.45) is 4.99 Å². The number of aliphatic imine (C=N–C) groups is 1. The van der Waals surface area contributed by atoms with Gasteiger partial charge in [0.15, 0.2) is 0 Å². The molecule has 0 bridgehead atoms. The number of carbonyl (C=O) groups is 2. The molecule has 5 nitrogen and oxygen atoms in total. The number of hydrogen-bond acceptors (Lipinski definition) is 3. The highest BCUT2D eigenvalue weighted by atomic mass is 35.5. The Morgan fingerprint density at radius 3 is 2.14 bits per heavy atom. The number of amides is 2. The van der Waals surface area contributed by atoms with E-state index in [0.29, 0.717) is 28.8 Å². The van der Waals surface area contributed by atoms with Crippen LogP contribution in [-0.2, 0) is 22.6 Å². The fraction of sp³-hybridized carbons (Fsp3) is 0.0645. The van der Waals surface area contributed by atoms with E-state index >= 15 is 0 Å². The molecule has 6 heteroatoms. The van der Waals surface area contributed by atoms with E-state index < -0.39 is 0 Å². The first-order chi connectivity index (χ1) is 18.1. The van der Waals surface area contributed by atoms with Gasteiger partial charge < -0.3 is 5.32 Å². The quantitative estimate of drug-likeness (QED) is 0.311. The van der Waals surface area contributed by atoms with E-state index in [2.05, 4.69) is 5.32 Å². The molecule has 182 valence electrons. The molecule has 0 aromatic heterocycles. The number of hydrogen-bond donors (Lipinski definition) is 1. The minimum absolute atomic E-state index is 0.0615. The van der Waals surface area contributed by atoms with Crippen molar-refractivity contribution in [1.82, 2.24) is 5.32 Å². The Bertz CT molecular complexity index is 1460. The molecule has 0 saturated carbocycles. The second kappa shape index (κ2) is 11.1. The SMILES string of the molecule is O=C(Cc1ccc(N2C(=O)C(=Cc3ccc(Cl)cc3)N=C2c2ccccc2)cc1)NCc1ccccc1. The highest BCUT2D eigenvalue weighted by molar-refractivity contribution is 6.33. The summed E-state index contributed by atoms with van der Waals surface area (Å²) in [5.74, 6) is 0.273. The van der Waals surface area contributed by atoms with Crippen LogP contribution in [0.25, 0.3) is 6.08 Å². The van der Waals surface area contributed by atoms with Crippen molar-refractivity contribution in [2.45, 2.75) is 13.0 Å². The summed E-state index contributed by atoms with van der Waals surface area (Å²) in [7, 11) is 0. The van der Waals surface area contributed by atoms with Gasteiger partial charge in [-0.1, -0.05) is 96.5 Å². The van der Waals surface area contributed by atoms with Crippen molar-refractivity contribution in [3.05, 3.63) is 142 Å². The van der Waals surface area contributed by atoms with E-state index in [9.17, 15) is 9.59 Å². The van der Waals surface area contributed by atoms with E-state index in [1.807, 2.05) is 97.1 Å². The Hall–Kier alpha value is -4.48. The zero-order valence-corrected chi connectivity index (χ0v) is 20.7. The van der Waals surface area contributed by atoms with Crippen molar-refractivity contribution in [3.8, 4) is 0 Å². The highest BCUT2D eigenvalue weighted by Gasteiger charge is 2.32. The number of carbonyl (C=O) groups excluding carboxylic acids is 2. The van der Waals surface area contributed by atoms with Gasteiger partial charge in [-0.25, -0.2) is 4.99 Å². The van der Waals surface area contributed by atoms with Crippen LogP contribution in [0.15, 0.2) is 120 Å². The lowest BCUT2D eigenvalue weighted by Crippen LogP contribution is -2.32. The maximum atomic E-state index is 13.5. The number of anilines is 1. The van der Waals surface area contributed by atoms with Gasteiger partial charge in [-0.15, -0.1) is 0 Å². The number of halogens is 1. The molecule has 1 aliphatic rings. The van der Waals surface area contributed by atoms with Crippen LogP contribution in [0.4, 0.5) is 5.69 Å². The lowest BCUT2D eigenvalue weighted by atomic mass is 10.1. The summed E-state index contributed by atoms with van der Waals surface area (Å²) in [6.07, 6.45) is 2.01. The molecule has 4 aromatic carbocycles. The van der Waals surface area contributed by atoms with Crippen LogP contribution in [0.1, 0.15) is 22.3 Å². The Morgan fingerprint density at radius 1 is 0.811 bits per heavy atom. The molecule has 0 fully saturated rings. The number of rotatable bonds is 7. The van der Waals surface area contributed by atoms with Gasteiger partial charge in [-0.2, -0.15) is 0 Å². The van der Waals surface area contributed by atoms with E-state index in [4.69, 9.17) is 16.6 Å². The summed E-state index contributed by atoms with van der Waals surface area (Å²) < 4.78 is 0. The minimum atomic E-state index is -0.220. The third-order valence-electron chi connectivity index (χ3n) is 5.96. The number of nitrogens with one attached hydrogen (secondary N) is 1. The zero-order valence-electron chi connectivity index (χ0n) is 20.0. The maximum absolute atomic E-state index is 13.5. The standard InChI is InChI=1S/C31H24ClN3O2/c32-26-15-11-22(12-16-26)19-28-31(37)35(30(34-28)25-9-5-2-6-10-25)27-17-13-23(14-18-27)20-29(36)33-21-24-7-3-1-4-8-24/h1-19H,20-21H2,(H,33,36). The normalized spacial score (nSPS) is 14.1. The fourth-order valence-corrected chi connectivity index (χ4v) is 4.19. The van der Waals surface area contributed by atoms with Gasteiger partial charge in [0.2, 0.25) is 5.91 Å². The molecular weight excluding hydrogens is 482 g/mol. The van der Waals surface area contributed by atoms with Crippen LogP contribution in [0, 0.1) is 0 Å². The molecule has 1 aliphatic heterocycles. The largest absolute Gasteiger partial charge is 0.352 e. The van der Waals surface area contributed by atoms with Crippen molar-refractivity contribution in [2.75, 3.05) is 4.90 Å². The molecular formula is C31H24ClN3O2. The van der Waals surface area contributed by atoms with E-state index in [0.717, 1.165) is 22.3 Å². The molecule has 0 radical (unpaired) electrons. The number of nitrogens with zero attached hydrogens (tertiary/aromatic N) is 2. The van der Waals surface area contributed by atoms with Gasteiger partial charge in [-0.05, 0) is 47.0 Å². The third kappa shape index (κ3) is 5.85. The van der Waals surface area contributed by atoms with E-state index in [1.165, 1.54) is 0 Å². The number of benzene rings is 4. The predicted molar refractivity (Wildman–Crippen MR) is 148 cm³/mol. The first-order valence-corrected chi connectivity index (χ1v) is 12.3. The fourth-order valence-electron chi connectivity index (χ4n) is 4.06. The Labute approximate surface area is 220 Å². The molecule has 0 saturated heterocycles. The van der Waals surface area contributed by atoms with Gasteiger partial charge in [0.25, 0.3) is 5.91 Å². The minimum Gasteiger partial charge on any atom is -0.352 e. The van der Waals surface area contributed by atoms with Crippen LogP contribution in [0.3, 0.4) is 0 Å². The lowest BCUT2D eigenvalue weighted by Gasteiger charge is -2.19. The second-order valence-corrected chi connectivity index (χ2v) is 9.07. The zero-order chi connectivity index (χ0) is 25.6. The molecule has 4 aromatic rings. The van der Waals surface area contributed by atoms with Crippen LogP contribution in [0.5, 0.6) is 0 Å². The van der Waals surface area contributed by atoms with Crippen molar-refractivity contribution in [1.29, 1.82) is 0 Å². The molecule has 0 aliphatic carbocycles. The van der Waals surface area contributed by atoms with Gasteiger partial charge in [-0.3, -0.25) is 14.5 Å². The summed E-state index contributed by atoms with van der Waals surface area (Å²) in [6.45, 7) is 0.486. The molecule has 37 heavy (non-hydrogen) atoms. The highest BCUT2D eigenvalue weighted by Crippen LogP contribution is 2.28. The molecule has 2 amide bonds. The van der Waals surface area contributed by atoms with Crippen LogP contribution in [0.2, 0.25) is 5.02 Å². The topological polar surface area (TPSA) is 61.8 Å². The molecule has 1 heterocycles. The second-order valence-electron chi connectivity index (χ2n) is 8.63. The van der Waals surface area contributed by atoms with Crippen LogP contribution < -0.4 is 10.2 Å². The van der Waals surface area contributed by atoms with E-state index in [-0.39, 0.29) is 18.2 Å². The average Bonchev–Trinajstić information content (AvgIpc) is 3.26. The first-order valence-electron chi connectivity index (χ1n) is 11.9. The van der Waals surface area contributed by atoms with E-state index in [1.54, 1.807) is 23.1 Å². The summed E-state index contributed by atoms with van der Waals surface area (Å²) in [5, 5.41) is 3.58. The van der Waals surface area contributed by atoms with Crippen molar-refractivity contribution in [3.63, 3.8) is 0 Å². The molecule has 0 spiro atoms. The summed E-state index contributed by atoms with van der Waals surface area (Å²) in [4.78, 5) is 32.2. The summed E-state index contributed by atoms with van der Waals surface area (Å²) in [5.41, 5.74) is 4.60. The number of amidine groups is 1. The lowest BCUT2D eigenvalue weighted by molar-refractivity contribution is -0.120. The Morgan fingerprint density at radius 2 is 1.46 bits per heavy atom. The van der Waals surface area contributed by atoms with Gasteiger partial charge in [0.1, 0.15) is 11.5 Å². The summed E-state index contributed by atoms with van der Waals surface area (Å²) >= 11 is 6.00. The molecule has 5 rings (SSSR count). The Balaban J connectivity index is 1.36. The molecule has 0 atom stereocenters. The van der Waals surface area contributed by atoms with Crippen LogP contribution in [-0.4, -0.2) is 17.6 Å². The summed E-state index contributed by atoms with van der Waals surface area (Å²) in [6, 6.07) is 34.1. The maximum Gasteiger partial charge on any atom is 0.282 e.